The Morgan fingerprint density at radius 3 is 2.80 bits per heavy atom. The normalized spacial score (nSPS) is 19.8. The van der Waals surface area contributed by atoms with Gasteiger partial charge in [0.25, 0.3) is 0 Å². The van der Waals surface area contributed by atoms with Gasteiger partial charge in [0.2, 0.25) is 10.0 Å². The molecular formula is C9H11ClN2O2S. The van der Waals surface area contributed by atoms with Crippen molar-refractivity contribution in [3.05, 3.63) is 22.7 Å². The molecule has 1 atom stereocenters. The molecule has 0 aromatic heterocycles. The van der Waals surface area contributed by atoms with E-state index >= 15 is 0 Å². The Kier molecular flexibility index (Phi) is 2.41. The van der Waals surface area contributed by atoms with Crippen molar-refractivity contribution in [2.24, 2.45) is 5.14 Å². The highest BCUT2D eigenvalue weighted by Crippen LogP contribution is 2.32. The zero-order valence-corrected chi connectivity index (χ0v) is 9.69. The van der Waals surface area contributed by atoms with Gasteiger partial charge in [0.05, 0.1) is 5.02 Å². The topological polar surface area (TPSA) is 72.2 Å². The Labute approximate surface area is 93.5 Å². The van der Waals surface area contributed by atoms with Crippen LogP contribution in [0.2, 0.25) is 5.02 Å². The van der Waals surface area contributed by atoms with Crippen LogP contribution in [-0.2, 0) is 16.4 Å². The second kappa shape index (κ2) is 3.37. The molecule has 3 N–H and O–H groups in total. The number of hydrogen-bond donors (Lipinski definition) is 2. The summed E-state index contributed by atoms with van der Waals surface area (Å²) < 4.78 is 22.4. The van der Waals surface area contributed by atoms with Crippen molar-refractivity contribution < 1.29 is 8.42 Å². The fourth-order valence-electron chi connectivity index (χ4n) is 1.76. The third-order valence-electron chi connectivity index (χ3n) is 2.39. The minimum Gasteiger partial charge on any atom is -0.382 e. The predicted octanol–water partition coefficient (Wildman–Crippen LogP) is 1.34. The quantitative estimate of drug-likeness (QED) is 0.786. The van der Waals surface area contributed by atoms with E-state index in [0.29, 0.717) is 6.04 Å². The standard InChI is InChI=1S/C9H11ClN2O2S/c1-5-2-6-3-7(10)9(15(11,13)14)4-8(6)12-5/h3-5,12H,2H2,1H3,(H2,11,13,14)/t5-/m1/s1. The Bertz CT molecular complexity index is 513. The number of fused-ring (bicyclic) bond motifs is 1. The lowest BCUT2D eigenvalue weighted by Crippen LogP contribution is -2.13. The highest BCUT2D eigenvalue weighted by Gasteiger charge is 2.22. The van der Waals surface area contributed by atoms with E-state index in [1.165, 1.54) is 6.07 Å². The zero-order valence-electron chi connectivity index (χ0n) is 8.12. The van der Waals surface area contributed by atoms with Crippen LogP contribution in [0.15, 0.2) is 17.0 Å². The van der Waals surface area contributed by atoms with Crippen LogP contribution in [0.1, 0.15) is 12.5 Å². The Balaban J connectivity index is 2.59. The number of halogens is 1. The lowest BCUT2D eigenvalue weighted by atomic mass is 10.1. The molecule has 0 aliphatic carbocycles. The van der Waals surface area contributed by atoms with E-state index < -0.39 is 10.0 Å². The second-order valence-electron chi connectivity index (χ2n) is 3.73. The lowest BCUT2D eigenvalue weighted by molar-refractivity contribution is 0.598. The average molecular weight is 247 g/mol. The molecule has 1 aliphatic heterocycles. The van der Waals surface area contributed by atoms with Gasteiger partial charge in [-0.25, -0.2) is 13.6 Å². The summed E-state index contributed by atoms with van der Waals surface area (Å²) in [5, 5.41) is 8.39. The molecule has 0 bridgehead atoms. The highest BCUT2D eigenvalue weighted by molar-refractivity contribution is 7.89. The van der Waals surface area contributed by atoms with Crippen LogP contribution in [0.3, 0.4) is 0 Å². The van der Waals surface area contributed by atoms with E-state index in [-0.39, 0.29) is 9.92 Å². The Hall–Kier alpha value is -0.780. The van der Waals surface area contributed by atoms with Gasteiger partial charge < -0.3 is 5.32 Å². The molecular weight excluding hydrogens is 236 g/mol. The molecule has 1 aliphatic rings. The molecule has 1 heterocycles. The van der Waals surface area contributed by atoms with Crippen molar-refractivity contribution in [3.63, 3.8) is 0 Å². The molecule has 6 heteroatoms. The summed E-state index contributed by atoms with van der Waals surface area (Å²) in [6.45, 7) is 2.02. The Morgan fingerprint density at radius 1 is 1.53 bits per heavy atom. The number of rotatable bonds is 1. The van der Waals surface area contributed by atoms with Crippen molar-refractivity contribution in [2.45, 2.75) is 24.3 Å². The van der Waals surface area contributed by atoms with E-state index in [4.69, 9.17) is 16.7 Å². The van der Waals surface area contributed by atoms with E-state index in [9.17, 15) is 8.42 Å². The molecule has 15 heavy (non-hydrogen) atoms. The first-order valence-electron chi connectivity index (χ1n) is 4.49. The number of nitrogens with one attached hydrogen (secondary N) is 1. The molecule has 1 aromatic carbocycles. The molecule has 0 unspecified atom stereocenters. The molecule has 0 fully saturated rings. The van der Waals surface area contributed by atoms with Crippen LogP contribution in [-0.4, -0.2) is 14.5 Å². The summed E-state index contributed by atoms with van der Waals surface area (Å²) in [6.07, 6.45) is 0.847. The van der Waals surface area contributed by atoms with E-state index in [2.05, 4.69) is 5.32 Å². The van der Waals surface area contributed by atoms with Crippen molar-refractivity contribution in [1.29, 1.82) is 0 Å². The lowest BCUT2D eigenvalue weighted by Gasteiger charge is -2.06. The average Bonchev–Trinajstić information content (AvgIpc) is 2.40. The fourth-order valence-corrected chi connectivity index (χ4v) is 2.88. The van der Waals surface area contributed by atoms with Gasteiger partial charge in [-0.1, -0.05) is 11.6 Å². The third-order valence-corrected chi connectivity index (χ3v) is 3.77. The smallest absolute Gasteiger partial charge is 0.239 e. The van der Waals surface area contributed by atoms with Gasteiger partial charge in [-0.3, -0.25) is 0 Å². The number of anilines is 1. The molecule has 0 amide bonds. The van der Waals surface area contributed by atoms with Crippen molar-refractivity contribution in [3.8, 4) is 0 Å². The van der Waals surface area contributed by atoms with E-state index in [1.807, 2.05) is 6.92 Å². The third kappa shape index (κ3) is 1.95. The van der Waals surface area contributed by atoms with Crippen molar-refractivity contribution in [2.75, 3.05) is 5.32 Å². The van der Waals surface area contributed by atoms with Crippen LogP contribution >= 0.6 is 11.6 Å². The molecule has 4 nitrogen and oxygen atoms in total. The number of primary sulfonamides is 1. The van der Waals surface area contributed by atoms with Gasteiger partial charge in [0, 0.05) is 11.7 Å². The van der Waals surface area contributed by atoms with Gasteiger partial charge in [-0.05, 0) is 31.0 Å². The predicted molar refractivity (Wildman–Crippen MR) is 59.6 cm³/mol. The summed E-state index contributed by atoms with van der Waals surface area (Å²) in [7, 11) is -3.74. The van der Waals surface area contributed by atoms with Crippen LogP contribution in [0.5, 0.6) is 0 Å². The molecule has 0 saturated heterocycles. The summed E-state index contributed by atoms with van der Waals surface area (Å²) >= 11 is 5.85. The summed E-state index contributed by atoms with van der Waals surface area (Å²) in [5.74, 6) is 0. The molecule has 0 spiro atoms. The molecule has 82 valence electrons. The van der Waals surface area contributed by atoms with Crippen molar-refractivity contribution >= 4 is 27.3 Å². The van der Waals surface area contributed by atoms with Crippen LogP contribution in [0, 0.1) is 0 Å². The summed E-state index contributed by atoms with van der Waals surface area (Å²) in [4.78, 5) is -0.0236. The largest absolute Gasteiger partial charge is 0.382 e. The van der Waals surface area contributed by atoms with Gasteiger partial charge in [0.1, 0.15) is 4.90 Å². The van der Waals surface area contributed by atoms with Crippen LogP contribution in [0.25, 0.3) is 0 Å². The minimum absolute atomic E-state index is 0.0236. The van der Waals surface area contributed by atoms with E-state index in [0.717, 1.165) is 17.7 Å². The minimum atomic E-state index is -3.74. The zero-order chi connectivity index (χ0) is 11.2. The first-order chi connectivity index (χ1) is 6.88. The number of sulfonamides is 1. The number of benzene rings is 1. The van der Waals surface area contributed by atoms with Crippen LogP contribution < -0.4 is 10.5 Å². The van der Waals surface area contributed by atoms with E-state index in [1.54, 1.807) is 6.07 Å². The maximum Gasteiger partial charge on any atom is 0.239 e. The number of nitrogens with two attached hydrogens (primary N) is 1. The Morgan fingerprint density at radius 2 is 2.20 bits per heavy atom. The maximum absolute atomic E-state index is 11.2. The van der Waals surface area contributed by atoms with Gasteiger partial charge in [0.15, 0.2) is 0 Å². The molecule has 2 rings (SSSR count). The maximum atomic E-state index is 11.2. The fraction of sp³-hybridized carbons (Fsp3) is 0.333. The SMILES string of the molecule is C[C@@H]1Cc2cc(Cl)c(S(N)(=O)=O)cc2N1. The molecule has 0 saturated carbocycles. The van der Waals surface area contributed by atoms with Crippen LogP contribution in [0.4, 0.5) is 5.69 Å². The second-order valence-corrected chi connectivity index (χ2v) is 5.67. The van der Waals surface area contributed by atoms with Crippen molar-refractivity contribution in [1.82, 2.24) is 0 Å². The molecule has 1 aromatic rings. The number of hydrogen-bond acceptors (Lipinski definition) is 3. The monoisotopic (exact) mass is 246 g/mol. The summed E-state index contributed by atoms with van der Waals surface area (Å²) in [6, 6.07) is 3.45. The first kappa shape index (κ1) is 10.7. The van der Waals surface area contributed by atoms with Gasteiger partial charge in [-0.15, -0.1) is 0 Å². The van der Waals surface area contributed by atoms with Gasteiger partial charge in [-0.2, -0.15) is 0 Å². The molecule has 0 radical (unpaired) electrons. The summed E-state index contributed by atoms with van der Waals surface area (Å²) in [5.41, 5.74) is 1.83. The highest BCUT2D eigenvalue weighted by atomic mass is 35.5. The first-order valence-corrected chi connectivity index (χ1v) is 6.42. The van der Waals surface area contributed by atoms with Gasteiger partial charge >= 0.3 is 0 Å².